The fraction of sp³-hybridized carbons (Fsp3) is 0.176. The number of nitrogens with zero attached hydrogens (tertiary/aromatic N) is 3. The maximum Gasteiger partial charge on any atom is 0.271 e. The molecule has 0 spiro atoms. The van der Waals surface area contributed by atoms with Crippen LogP contribution in [0.2, 0.25) is 0 Å². The molecule has 2 amide bonds. The van der Waals surface area contributed by atoms with E-state index >= 15 is 0 Å². The van der Waals surface area contributed by atoms with E-state index in [0.717, 1.165) is 0 Å². The predicted molar refractivity (Wildman–Crippen MR) is 97.1 cm³/mol. The Balaban J connectivity index is 1.92. The van der Waals surface area contributed by atoms with Gasteiger partial charge in [-0.25, -0.2) is 16.8 Å². The van der Waals surface area contributed by atoms with Gasteiger partial charge in [0.2, 0.25) is 0 Å². The molecule has 0 aromatic heterocycles. The molecular formula is C17H15N3O6S2. The van der Waals surface area contributed by atoms with Crippen molar-refractivity contribution < 1.29 is 26.4 Å². The third-order valence-electron chi connectivity index (χ3n) is 4.59. The van der Waals surface area contributed by atoms with Gasteiger partial charge in [0.25, 0.3) is 31.9 Å². The average Bonchev–Trinajstić information content (AvgIpc) is 2.97. The third-order valence-corrected chi connectivity index (χ3v) is 8.16. The van der Waals surface area contributed by atoms with E-state index in [1.165, 1.54) is 67.5 Å². The van der Waals surface area contributed by atoms with Crippen LogP contribution in [0.3, 0.4) is 0 Å². The van der Waals surface area contributed by atoms with Crippen molar-refractivity contribution >= 4 is 31.9 Å². The van der Waals surface area contributed by atoms with E-state index in [9.17, 15) is 26.4 Å². The van der Waals surface area contributed by atoms with Crippen LogP contribution in [0.15, 0.2) is 58.3 Å². The standard InChI is InChI=1S/C17H15N3O6S2/c1-18(2)17(19-15(21)11-7-3-5-9-13(11)27(19,23)24)20-16(22)12-8-4-6-10-14(12)28(20,25)26/h3-10,17H,1-2H3. The smallest absolute Gasteiger partial charge is 0.270 e. The lowest BCUT2D eigenvalue weighted by atomic mass is 10.2. The summed E-state index contributed by atoms with van der Waals surface area (Å²) < 4.78 is 53.0. The van der Waals surface area contributed by atoms with Crippen molar-refractivity contribution in [3.05, 3.63) is 59.7 Å². The van der Waals surface area contributed by atoms with Crippen molar-refractivity contribution in [2.24, 2.45) is 0 Å². The maximum absolute atomic E-state index is 13.0. The van der Waals surface area contributed by atoms with Crippen molar-refractivity contribution in [2.45, 2.75) is 16.1 Å². The summed E-state index contributed by atoms with van der Waals surface area (Å²) in [5, 5.41) is 0. The van der Waals surface area contributed by atoms with E-state index in [0.29, 0.717) is 8.61 Å². The number of hydrogen-bond donors (Lipinski definition) is 0. The molecular weight excluding hydrogens is 406 g/mol. The van der Waals surface area contributed by atoms with Gasteiger partial charge >= 0.3 is 0 Å². The minimum absolute atomic E-state index is 0.0732. The number of carbonyl (C=O) groups excluding carboxylic acids is 2. The number of hydrogen-bond acceptors (Lipinski definition) is 7. The van der Waals surface area contributed by atoms with E-state index in [1.54, 1.807) is 0 Å². The summed E-state index contributed by atoms with van der Waals surface area (Å²) in [7, 11) is -5.93. The lowest BCUT2D eigenvalue weighted by Gasteiger charge is -2.36. The highest BCUT2D eigenvalue weighted by atomic mass is 32.2. The molecule has 2 heterocycles. The molecule has 9 nitrogen and oxygen atoms in total. The van der Waals surface area contributed by atoms with Crippen molar-refractivity contribution in [3.63, 3.8) is 0 Å². The molecule has 0 radical (unpaired) electrons. The van der Waals surface area contributed by atoms with Gasteiger partial charge < -0.3 is 0 Å². The normalized spacial score (nSPS) is 19.4. The van der Waals surface area contributed by atoms with Crippen LogP contribution in [-0.2, 0) is 20.0 Å². The molecule has 146 valence electrons. The Morgan fingerprint density at radius 3 is 1.39 bits per heavy atom. The molecule has 0 N–H and O–H groups in total. The van der Waals surface area contributed by atoms with E-state index in [-0.39, 0.29) is 20.9 Å². The van der Waals surface area contributed by atoms with Gasteiger partial charge in [0, 0.05) is 0 Å². The highest BCUT2D eigenvalue weighted by Gasteiger charge is 2.54. The SMILES string of the molecule is CN(C)C(N1C(=O)c2ccccc2S1(=O)=O)N1C(=O)c2ccccc2S1(=O)=O. The van der Waals surface area contributed by atoms with Crippen LogP contribution >= 0.6 is 0 Å². The largest absolute Gasteiger partial charge is 0.271 e. The Morgan fingerprint density at radius 1 is 0.714 bits per heavy atom. The first-order valence-corrected chi connectivity index (χ1v) is 11.0. The minimum atomic E-state index is -4.35. The van der Waals surface area contributed by atoms with Gasteiger partial charge in [-0.1, -0.05) is 24.3 Å². The monoisotopic (exact) mass is 421 g/mol. The Bertz CT molecular complexity index is 1140. The van der Waals surface area contributed by atoms with Crippen molar-refractivity contribution in [2.75, 3.05) is 14.1 Å². The molecule has 4 rings (SSSR count). The maximum atomic E-state index is 13.0. The highest BCUT2D eigenvalue weighted by Crippen LogP contribution is 2.38. The molecule has 11 heteroatoms. The number of rotatable bonds is 3. The summed E-state index contributed by atoms with van der Waals surface area (Å²) in [6.07, 6.45) is -1.69. The molecule has 2 aliphatic rings. The van der Waals surface area contributed by atoms with Gasteiger partial charge in [0.15, 0.2) is 6.29 Å². The fourth-order valence-electron chi connectivity index (χ4n) is 3.38. The lowest BCUT2D eigenvalue weighted by molar-refractivity contribution is 0.0361. The second kappa shape index (κ2) is 5.87. The van der Waals surface area contributed by atoms with Gasteiger partial charge in [0.05, 0.1) is 11.1 Å². The second-order valence-corrected chi connectivity index (χ2v) is 10.1. The third kappa shape index (κ3) is 2.26. The molecule has 0 aliphatic carbocycles. The molecule has 0 bridgehead atoms. The van der Waals surface area contributed by atoms with Crippen LogP contribution in [0.25, 0.3) is 0 Å². The zero-order chi connectivity index (χ0) is 20.4. The second-order valence-electron chi connectivity index (χ2n) is 6.51. The van der Waals surface area contributed by atoms with E-state index in [1.807, 2.05) is 0 Å². The topological polar surface area (TPSA) is 112 Å². The summed E-state index contributed by atoms with van der Waals surface area (Å²) in [5.41, 5.74) is -0.146. The summed E-state index contributed by atoms with van der Waals surface area (Å²) >= 11 is 0. The Morgan fingerprint density at radius 2 is 1.07 bits per heavy atom. The molecule has 2 aliphatic heterocycles. The van der Waals surface area contributed by atoms with Crippen molar-refractivity contribution in [3.8, 4) is 0 Å². The van der Waals surface area contributed by atoms with Crippen molar-refractivity contribution in [1.82, 2.24) is 13.5 Å². The fourth-order valence-corrected chi connectivity index (χ4v) is 6.92. The van der Waals surface area contributed by atoms with Crippen LogP contribution in [0.4, 0.5) is 0 Å². The van der Waals surface area contributed by atoms with Crippen LogP contribution in [0.5, 0.6) is 0 Å². The lowest BCUT2D eigenvalue weighted by Crippen LogP contribution is -2.59. The number of carbonyl (C=O) groups is 2. The van der Waals surface area contributed by atoms with Crippen LogP contribution in [0.1, 0.15) is 20.7 Å². The first-order chi connectivity index (χ1) is 13.1. The highest BCUT2D eigenvalue weighted by molar-refractivity contribution is 7.91. The summed E-state index contributed by atoms with van der Waals surface area (Å²) in [6, 6.07) is 11.2. The van der Waals surface area contributed by atoms with Gasteiger partial charge in [0.1, 0.15) is 9.79 Å². The first kappa shape index (κ1) is 18.6. The minimum Gasteiger partial charge on any atom is -0.270 e. The zero-order valence-electron chi connectivity index (χ0n) is 14.8. The predicted octanol–water partition coefficient (Wildman–Crippen LogP) is 0.521. The zero-order valence-corrected chi connectivity index (χ0v) is 16.4. The quantitative estimate of drug-likeness (QED) is 0.710. The van der Waals surface area contributed by atoms with E-state index in [2.05, 4.69) is 0 Å². The first-order valence-electron chi connectivity index (χ1n) is 8.12. The molecule has 0 fully saturated rings. The Labute approximate surface area is 161 Å². The summed E-state index contributed by atoms with van der Waals surface area (Å²) in [6.45, 7) is 0. The van der Waals surface area contributed by atoms with E-state index < -0.39 is 38.2 Å². The number of amides is 2. The number of fused-ring (bicyclic) bond motifs is 2. The van der Waals surface area contributed by atoms with E-state index in [4.69, 9.17) is 0 Å². The number of benzene rings is 2. The summed E-state index contributed by atoms with van der Waals surface area (Å²) in [4.78, 5) is 26.5. The molecule has 0 saturated carbocycles. The van der Waals surface area contributed by atoms with Gasteiger partial charge in [-0.2, -0.15) is 8.61 Å². The molecule has 0 saturated heterocycles. The van der Waals surface area contributed by atoms with Gasteiger partial charge in [-0.3, -0.25) is 14.5 Å². The van der Waals surface area contributed by atoms with Crippen LogP contribution in [-0.4, -0.2) is 62.5 Å². The van der Waals surface area contributed by atoms with Gasteiger partial charge in [-0.05, 0) is 38.4 Å². The molecule has 0 unspecified atom stereocenters. The molecule has 0 atom stereocenters. The molecule has 28 heavy (non-hydrogen) atoms. The average molecular weight is 421 g/mol. The summed E-state index contributed by atoms with van der Waals surface area (Å²) in [5.74, 6) is -1.79. The Hall–Kier alpha value is -2.76. The van der Waals surface area contributed by atoms with Crippen LogP contribution < -0.4 is 0 Å². The molecule has 2 aromatic carbocycles. The number of sulfonamides is 2. The van der Waals surface area contributed by atoms with Crippen LogP contribution in [0, 0.1) is 0 Å². The molecule has 2 aromatic rings. The van der Waals surface area contributed by atoms with Gasteiger partial charge in [-0.15, -0.1) is 0 Å². The van der Waals surface area contributed by atoms with Crippen molar-refractivity contribution in [1.29, 1.82) is 0 Å². The Kier molecular flexibility index (Phi) is 3.90.